The van der Waals surface area contributed by atoms with Gasteiger partial charge in [-0.25, -0.2) is 14.8 Å². The fourth-order valence-corrected chi connectivity index (χ4v) is 9.68. The number of rotatable bonds is 13. The third-order valence-electron chi connectivity index (χ3n) is 13.2. The lowest BCUT2D eigenvalue weighted by Crippen LogP contribution is -2.53. The Labute approximate surface area is 376 Å². The maximum absolute atomic E-state index is 14.1. The molecule has 2 saturated heterocycles. The predicted octanol–water partition coefficient (Wildman–Crippen LogP) is 6.02. The summed E-state index contributed by atoms with van der Waals surface area (Å²) in [6.45, 7) is 20.8. The number of nitriles is 1. The number of aryl methyl sites for hydroxylation is 2. The van der Waals surface area contributed by atoms with Crippen molar-refractivity contribution in [3.05, 3.63) is 81.9 Å². The number of H-pyrrole nitrogens is 1. The Morgan fingerprint density at radius 1 is 1.06 bits per heavy atom. The van der Waals surface area contributed by atoms with Crippen molar-refractivity contribution in [2.45, 2.75) is 117 Å². The molecule has 1 aliphatic carbocycles. The van der Waals surface area contributed by atoms with Crippen molar-refractivity contribution < 1.29 is 23.9 Å². The molecule has 2 atom stereocenters. The van der Waals surface area contributed by atoms with Crippen LogP contribution in [-0.4, -0.2) is 112 Å². The first kappa shape index (κ1) is 46.0. The van der Waals surface area contributed by atoms with Gasteiger partial charge < -0.3 is 40.8 Å². The quantitative estimate of drug-likeness (QED) is 0.122. The van der Waals surface area contributed by atoms with Crippen LogP contribution in [-0.2, 0) is 32.6 Å². The molecule has 15 heteroatoms. The van der Waals surface area contributed by atoms with E-state index >= 15 is 0 Å². The zero-order valence-electron chi connectivity index (χ0n) is 38.7. The Balaban J connectivity index is 0.923. The van der Waals surface area contributed by atoms with E-state index in [0.29, 0.717) is 81.8 Å². The number of nitrogens with zero attached hydrogens (tertiary/aromatic N) is 6. The minimum Gasteiger partial charge on any atom is -0.444 e. The predicted molar refractivity (Wildman–Crippen MR) is 247 cm³/mol. The largest absolute Gasteiger partial charge is 0.444 e. The number of fused-ring (bicyclic) bond motifs is 4. The Kier molecular flexibility index (Phi) is 13.1. The second-order valence-corrected chi connectivity index (χ2v) is 19.9. The number of anilines is 2. The molecule has 5 N–H and O–H groups in total. The van der Waals surface area contributed by atoms with Gasteiger partial charge in [0.25, 0.3) is 0 Å². The van der Waals surface area contributed by atoms with Crippen LogP contribution in [0.25, 0.3) is 10.9 Å². The number of hydrogen-bond donors (Lipinski definition) is 4. The van der Waals surface area contributed by atoms with E-state index in [9.17, 15) is 24.4 Å². The minimum absolute atomic E-state index is 0.00393. The van der Waals surface area contributed by atoms with Gasteiger partial charge in [-0.05, 0) is 100 Å². The van der Waals surface area contributed by atoms with Gasteiger partial charge in [0, 0.05) is 96.8 Å². The molecule has 340 valence electrons. The van der Waals surface area contributed by atoms with Gasteiger partial charge in [0.2, 0.25) is 11.8 Å². The first-order chi connectivity index (χ1) is 30.3. The van der Waals surface area contributed by atoms with E-state index in [0.717, 1.165) is 64.0 Å². The topological polar surface area (TPSA) is 203 Å². The minimum atomic E-state index is -0.811. The Bertz CT molecular complexity index is 2470. The Hall–Kier alpha value is -6.01. The number of ether oxygens (including phenoxy) is 1. The molecule has 15 nitrogen and oxygen atoms in total. The van der Waals surface area contributed by atoms with E-state index in [2.05, 4.69) is 88.2 Å². The molecule has 2 aromatic carbocycles. The summed E-state index contributed by atoms with van der Waals surface area (Å²) in [7, 11) is 0. The molecule has 3 aliphatic rings. The maximum atomic E-state index is 14.1. The summed E-state index contributed by atoms with van der Waals surface area (Å²) in [5, 5.41) is 16.4. The van der Waals surface area contributed by atoms with Crippen molar-refractivity contribution in [1.82, 2.24) is 35.4 Å². The van der Waals surface area contributed by atoms with E-state index < -0.39 is 23.2 Å². The normalized spacial score (nSPS) is 18.5. The summed E-state index contributed by atoms with van der Waals surface area (Å²) in [6, 6.07) is 11.0. The zero-order valence-corrected chi connectivity index (χ0v) is 38.7. The van der Waals surface area contributed by atoms with Crippen LogP contribution in [0.1, 0.15) is 125 Å². The van der Waals surface area contributed by atoms with Gasteiger partial charge in [-0.15, -0.1) is 0 Å². The lowest BCUT2D eigenvalue weighted by Gasteiger charge is -2.39. The summed E-state index contributed by atoms with van der Waals surface area (Å²) < 4.78 is 5.49. The summed E-state index contributed by atoms with van der Waals surface area (Å²) in [5.74, 6) is 0.274. The standard InChI is InChI=1S/C49H64N10O5/c1-9-31-23-34-35(49(7,8)43-41(42(34)61)33-16-15-30(25-50)22-37(33)54-43)24-38(31)58-18-20-59(21-19-58)40(60)14-11-17-57-27-39(48(5,6)28-57)56-45(62)36(55-46(63)64-47(2,3)4)13-10-12-32-26-52-29-53-44(32)51/h15-16,22-24,26,29,36,39,54H,9-14,17-21,27-28H2,1-8H3,(H,55,63)(H,56,62)(H2,51,52,53)/t36-,39-/m0/s1. The average molecular weight is 873 g/mol. The van der Waals surface area contributed by atoms with Gasteiger partial charge in [-0.2, -0.15) is 5.26 Å². The molecule has 0 unspecified atom stereocenters. The number of carbonyl (C=O) groups excluding carboxylic acids is 4. The van der Waals surface area contributed by atoms with Gasteiger partial charge >= 0.3 is 6.09 Å². The number of hydrogen-bond acceptors (Lipinski definition) is 11. The van der Waals surface area contributed by atoms with Crippen LogP contribution < -0.4 is 21.3 Å². The third-order valence-corrected chi connectivity index (χ3v) is 13.2. The number of piperazine rings is 1. The van der Waals surface area contributed by atoms with Crippen LogP contribution in [0.2, 0.25) is 0 Å². The first-order valence-corrected chi connectivity index (χ1v) is 22.7. The number of benzene rings is 2. The van der Waals surface area contributed by atoms with E-state index in [1.54, 1.807) is 33.0 Å². The number of aromatic amines is 1. The van der Waals surface area contributed by atoms with Gasteiger partial charge in [0.1, 0.15) is 23.8 Å². The number of aromatic nitrogens is 3. The molecule has 4 heterocycles. The molecule has 3 amide bonds. The molecule has 2 fully saturated rings. The number of nitrogen functional groups attached to an aromatic ring is 1. The van der Waals surface area contributed by atoms with Crippen molar-refractivity contribution in [3.8, 4) is 6.07 Å². The number of amides is 3. The smallest absolute Gasteiger partial charge is 0.408 e. The molecule has 64 heavy (non-hydrogen) atoms. The van der Waals surface area contributed by atoms with E-state index in [1.165, 1.54) is 6.33 Å². The van der Waals surface area contributed by atoms with Crippen LogP contribution in [0.5, 0.6) is 0 Å². The Morgan fingerprint density at radius 3 is 2.50 bits per heavy atom. The van der Waals surface area contributed by atoms with Crippen molar-refractivity contribution >= 4 is 46.1 Å². The highest BCUT2D eigenvalue weighted by atomic mass is 16.6. The lowest BCUT2D eigenvalue weighted by molar-refractivity contribution is -0.131. The monoisotopic (exact) mass is 873 g/mol. The van der Waals surface area contributed by atoms with Crippen LogP contribution >= 0.6 is 0 Å². The summed E-state index contributed by atoms with van der Waals surface area (Å²) in [6.07, 6.45) is 5.82. The second-order valence-electron chi connectivity index (χ2n) is 19.9. The van der Waals surface area contributed by atoms with Crippen LogP contribution in [0.4, 0.5) is 16.3 Å². The SMILES string of the molecule is CCc1cc2c(cc1N1CCN(C(=O)CCCN3C[C@H](NC(=O)[C@H](CCCc4cncnc4N)NC(=O)OC(C)(C)C)C(C)(C)C3)CC1)C(C)(C)c1[nH]c3cc(C#N)ccc3c1C2=O. The van der Waals surface area contributed by atoms with Crippen LogP contribution in [0.3, 0.4) is 0 Å². The van der Waals surface area contributed by atoms with E-state index in [-0.39, 0.29) is 29.1 Å². The molecular formula is C49H64N10O5. The molecule has 0 radical (unpaired) electrons. The highest BCUT2D eigenvalue weighted by Gasteiger charge is 2.42. The van der Waals surface area contributed by atoms with Crippen molar-refractivity contribution in [2.24, 2.45) is 5.41 Å². The third kappa shape index (κ3) is 9.72. The summed E-state index contributed by atoms with van der Waals surface area (Å²) in [5.41, 5.74) is 12.2. The molecule has 0 bridgehead atoms. The van der Waals surface area contributed by atoms with Gasteiger partial charge in [0.15, 0.2) is 5.78 Å². The zero-order chi connectivity index (χ0) is 46.1. The molecule has 4 aromatic rings. The first-order valence-electron chi connectivity index (χ1n) is 22.7. The molecule has 0 saturated carbocycles. The molecule has 0 spiro atoms. The fourth-order valence-electron chi connectivity index (χ4n) is 9.68. The lowest BCUT2D eigenvalue weighted by atomic mass is 9.70. The van der Waals surface area contributed by atoms with Crippen LogP contribution in [0.15, 0.2) is 42.9 Å². The average Bonchev–Trinajstić information content (AvgIpc) is 3.78. The van der Waals surface area contributed by atoms with Crippen molar-refractivity contribution in [3.63, 3.8) is 0 Å². The molecule has 2 aromatic heterocycles. The number of nitrogens with two attached hydrogens (primary N) is 1. The van der Waals surface area contributed by atoms with Gasteiger partial charge in [-0.1, -0.05) is 40.7 Å². The Morgan fingerprint density at radius 2 is 1.81 bits per heavy atom. The molecular weight excluding hydrogens is 809 g/mol. The fraction of sp³-hybridized carbons (Fsp3) is 0.531. The molecule has 7 rings (SSSR count). The summed E-state index contributed by atoms with van der Waals surface area (Å²) in [4.78, 5) is 72.6. The highest BCUT2D eigenvalue weighted by molar-refractivity contribution is 6.20. The van der Waals surface area contributed by atoms with Crippen molar-refractivity contribution in [2.75, 3.05) is 56.4 Å². The van der Waals surface area contributed by atoms with Gasteiger partial charge in [0.05, 0.1) is 17.2 Å². The highest BCUT2D eigenvalue weighted by Crippen LogP contribution is 2.46. The number of alkyl carbamates (subject to hydrolysis) is 1. The van der Waals surface area contributed by atoms with Crippen LogP contribution in [0, 0.1) is 16.7 Å². The van der Waals surface area contributed by atoms with E-state index in [4.69, 9.17) is 10.5 Å². The van der Waals surface area contributed by atoms with Crippen molar-refractivity contribution in [1.29, 1.82) is 5.26 Å². The number of likely N-dealkylation sites (tertiary alicyclic amines) is 1. The summed E-state index contributed by atoms with van der Waals surface area (Å²) >= 11 is 0. The maximum Gasteiger partial charge on any atom is 0.408 e. The number of ketones is 1. The number of nitrogens with one attached hydrogen (secondary N) is 3. The van der Waals surface area contributed by atoms with E-state index in [1.807, 2.05) is 17.0 Å². The second kappa shape index (κ2) is 18.2. The van der Waals surface area contributed by atoms with Gasteiger partial charge in [-0.3, -0.25) is 14.4 Å². The molecule has 2 aliphatic heterocycles. The number of carbonyl (C=O) groups is 4.